The second-order valence-electron chi connectivity index (χ2n) is 9.39. The van der Waals surface area contributed by atoms with Crippen LogP contribution in [0.4, 0.5) is 0 Å². The molecule has 31 heavy (non-hydrogen) atoms. The molecule has 5 heteroatoms. The molecule has 3 aromatic rings. The maximum Gasteiger partial charge on any atom is 0.231 e. The van der Waals surface area contributed by atoms with Gasteiger partial charge in [0, 0.05) is 32.4 Å². The summed E-state index contributed by atoms with van der Waals surface area (Å²) in [6.45, 7) is 5.51. The third-order valence-electron chi connectivity index (χ3n) is 7.34. The van der Waals surface area contributed by atoms with Crippen molar-refractivity contribution in [2.75, 3.05) is 19.6 Å². The van der Waals surface area contributed by atoms with Crippen LogP contribution in [0.15, 0.2) is 59.3 Å². The molecule has 162 valence electrons. The van der Waals surface area contributed by atoms with Crippen molar-refractivity contribution in [1.29, 1.82) is 0 Å². The molecule has 1 atom stereocenters. The molecule has 0 N–H and O–H groups in total. The summed E-state index contributed by atoms with van der Waals surface area (Å²) < 4.78 is 6.10. The van der Waals surface area contributed by atoms with Crippen LogP contribution in [0.25, 0.3) is 0 Å². The molecular weight excluding hydrogens is 384 g/mol. The number of hydrogen-bond donors (Lipinski definition) is 0. The van der Waals surface area contributed by atoms with Gasteiger partial charge in [-0.2, -0.15) is 0 Å². The van der Waals surface area contributed by atoms with Crippen LogP contribution in [0.2, 0.25) is 0 Å². The molecule has 2 bridgehead atoms. The highest BCUT2D eigenvalue weighted by molar-refractivity contribution is 5.44. The molecule has 0 amide bonds. The van der Waals surface area contributed by atoms with Gasteiger partial charge in [0.05, 0.1) is 5.41 Å². The summed E-state index contributed by atoms with van der Waals surface area (Å²) in [6.07, 6.45) is 11.5. The highest BCUT2D eigenvalue weighted by Gasteiger charge is 2.41. The molecule has 1 aliphatic carbocycles. The van der Waals surface area contributed by atoms with E-state index < -0.39 is 5.41 Å². The van der Waals surface area contributed by atoms with Crippen LogP contribution in [0, 0.1) is 18.8 Å². The molecule has 1 unspecified atom stereocenters. The van der Waals surface area contributed by atoms with Crippen LogP contribution in [-0.2, 0) is 5.41 Å². The second kappa shape index (κ2) is 8.91. The average molecular weight is 417 g/mol. The van der Waals surface area contributed by atoms with Crippen molar-refractivity contribution in [2.45, 2.75) is 50.9 Å². The Morgan fingerprint density at radius 2 is 1.65 bits per heavy atom. The number of fused-ring (bicyclic) bond motifs is 4. The van der Waals surface area contributed by atoms with E-state index in [9.17, 15) is 0 Å². The molecule has 1 aromatic carbocycles. The Labute approximate surface area is 184 Å². The van der Waals surface area contributed by atoms with Crippen LogP contribution >= 0.6 is 0 Å². The third-order valence-corrected chi connectivity index (χ3v) is 7.34. The summed E-state index contributed by atoms with van der Waals surface area (Å²) in [5.41, 5.74) is 1.81. The molecule has 4 heterocycles. The lowest BCUT2D eigenvalue weighted by atomic mass is 9.71. The Hall–Kier alpha value is -2.53. The Bertz CT molecular complexity index is 910. The van der Waals surface area contributed by atoms with Crippen molar-refractivity contribution < 1.29 is 4.42 Å². The second-order valence-corrected chi connectivity index (χ2v) is 9.39. The summed E-state index contributed by atoms with van der Waals surface area (Å²) in [4.78, 5) is 7.16. The van der Waals surface area contributed by atoms with E-state index in [4.69, 9.17) is 4.42 Å². The van der Waals surface area contributed by atoms with E-state index in [-0.39, 0.29) is 0 Å². The van der Waals surface area contributed by atoms with Gasteiger partial charge in [-0.25, -0.2) is 0 Å². The number of hydrogen-bond acceptors (Lipinski definition) is 5. The zero-order valence-electron chi connectivity index (χ0n) is 18.4. The van der Waals surface area contributed by atoms with Gasteiger partial charge >= 0.3 is 0 Å². The summed E-state index contributed by atoms with van der Waals surface area (Å²) in [6, 6.07) is 14.8. The summed E-state index contributed by atoms with van der Waals surface area (Å²) in [5.74, 6) is 3.06. The third kappa shape index (κ3) is 4.16. The Morgan fingerprint density at radius 3 is 2.26 bits per heavy atom. The summed E-state index contributed by atoms with van der Waals surface area (Å²) in [7, 11) is 0. The van der Waals surface area contributed by atoms with Crippen LogP contribution in [-0.4, -0.2) is 39.7 Å². The fraction of sp³-hybridized carbons (Fsp3) is 0.500. The van der Waals surface area contributed by atoms with Crippen LogP contribution < -0.4 is 0 Å². The number of pyridine rings is 1. The smallest absolute Gasteiger partial charge is 0.231 e. The van der Waals surface area contributed by atoms with Gasteiger partial charge in [0.2, 0.25) is 11.8 Å². The minimum absolute atomic E-state index is 0.485. The first-order valence-electron chi connectivity index (χ1n) is 11.7. The van der Waals surface area contributed by atoms with E-state index in [1.165, 1.54) is 44.3 Å². The molecule has 0 spiro atoms. The van der Waals surface area contributed by atoms with Gasteiger partial charge in [-0.05, 0) is 74.1 Å². The lowest BCUT2D eigenvalue weighted by Gasteiger charge is -2.32. The molecule has 0 radical (unpaired) electrons. The number of aromatic nitrogens is 3. The summed E-state index contributed by atoms with van der Waals surface area (Å²) >= 11 is 0. The molecule has 2 aliphatic heterocycles. The molecule has 3 fully saturated rings. The van der Waals surface area contributed by atoms with Crippen molar-refractivity contribution in [3.63, 3.8) is 0 Å². The van der Waals surface area contributed by atoms with Gasteiger partial charge in [-0.15, -0.1) is 10.2 Å². The van der Waals surface area contributed by atoms with E-state index in [1.807, 2.05) is 25.4 Å². The van der Waals surface area contributed by atoms with Gasteiger partial charge in [0.1, 0.15) is 0 Å². The van der Waals surface area contributed by atoms with E-state index in [0.717, 1.165) is 36.8 Å². The fourth-order valence-electron chi connectivity index (χ4n) is 5.77. The molecule has 3 aliphatic rings. The van der Waals surface area contributed by atoms with E-state index in [0.29, 0.717) is 11.8 Å². The van der Waals surface area contributed by atoms with Crippen LogP contribution in [0.5, 0.6) is 0 Å². The van der Waals surface area contributed by atoms with Crippen molar-refractivity contribution in [3.8, 4) is 0 Å². The largest absolute Gasteiger partial charge is 0.424 e. The van der Waals surface area contributed by atoms with Crippen molar-refractivity contribution >= 4 is 0 Å². The van der Waals surface area contributed by atoms with Gasteiger partial charge in [-0.3, -0.25) is 4.98 Å². The summed E-state index contributed by atoms with van der Waals surface area (Å²) in [5, 5.41) is 8.72. The zero-order chi connectivity index (χ0) is 21.1. The van der Waals surface area contributed by atoms with Crippen LogP contribution in [0.3, 0.4) is 0 Å². The van der Waals surface area contributed by atoms with Gasteiger partial charge in [0.25, 0.3) is 0 Å². The number of rotatable bonds is 7. The van der Waals surface area contributed by atoms with Gasteiger partial charge in [-0.1, -0.05) is 36.4 Å². The first-order valence-corrected chi connectivity index (χ1v) is 11.7. The molecule has 1 saturated carbocycles. The predicted molar refractivity (Wildman–Crippen MR) is 121 cm³/mol. The standard InChI is InChI=1S/C26H32N4O/c1-20-28-29-25(31-20)26(23-7-3-2-4-8-23,24-9-5-15-27-17-24)14-6-16-30-18-21-10-11-22(19-30)13-12-21/h2-5,7-9,15,17,21-22H,6,10-14,16,18-19H2,1H3. The minimum Gasteiger partial charge on any atom is -0.424 e. The average Bonchev–Trinajstić information content (AvgIpc) is 3.04. The molecule has 6 rings (SSSR count). The highest BCUT2D eigenvalue weighted by Crippen LogP contribution is 2.42. The van der Waals surface area contributed by atoms with Gasteiger partial charge < -0.3 is 9.32 Å². The van der Waals surface area contributed by atoms with Gasteiger partial charge in [0.15, 0.2) is 0 Å². The van der Waals surface area contributed by atoms with E-state index >= 15 is 0 Å². The molecular formula is C26H32N4O. The van der Waals surface area contributed by atoms with E-state index in [2.05, 4.69) is 56.5 Å². The van der Waals surface area contributed by atoms with Crippen molar-refractivity contribution in [1.82, 2.24) is 20.1 Å². The SMILES string of the molecule is Cc1nnc(C(CCCN2CC3CCC(CC3)C2)(c2ccccc2)c2cccnc2)o1. The van der Waals surface area contributed by atoms with Crippen molar-refractivity contribution in [2.24, 2.45) is 11.8 Å². The first-order chi connectivity index (χ1) is 15.2. The van der Waals surface area contributed by atoms with E-state index in [1.54, 1.807) is 0 Å². The monoisotopic (exact) mass is 416 g/mol. The Balaban J connectivity index is 1.46. The Morgan fingerprint density at radius 1 is 0.935 bits per heavy atom. The molecule has 2 aromatic heterocycles. The maximum atomic E-state index is 6.10. The Kier molecular flexibility index (Phi) is 5.86. The zero-order valence-corrected chi connectivity index (χ0v) is 18.4. The van der Waals surface area contributed by atoms with Crippen molar-refractivity contribution in [3.05, 3.63) is 77.8 Å². The number of aryl methyl sites for hydroxylation is 1. The highest BCUT2D eigenvalue weighted by atomic mass is 16.4. The lowest BCUT2D eigenvalue weighted by molar-refractivity contribution is 0.239. The minimum atomic E-state index is -0.485. The number of nitrogens with zero attached hydrogens (tertiary/aromatic N) is 4. The fourth-order valence-corrected chi connectivity index (χ4v) is 5.77. The normalized spacial score (nSPS) is 23.4. The maximum absolute atomic E-state index is 6.10. The topological polar surface area (TPSA) is 55.1 Å². The quantitative estimate of drug-likeness (QED) is 0.542. The molecule has 2 saturated heterocycles. The first kappa shape index (κ1) is 20.4. The molecule has 5 nitrogen and oxygen atoms in total. The number of benzene rings is 1. The predicted octanol–water partition coefficient (Wildman–Crippen LogP) is 5.01. The lowest BCUT2D eigenvalue weighted by Crippen LogP contribution is -2.34. The van der Waals surface area contributed by atoms with Crippen LogP contribution in [0.1, 0.15) is 61.4 Å².